The second kappa shape index (κ2) is 7.10. The maximum absolute atomic E-state index is 12.5. The van der Waals surface area contributed by atoms with Crippen LogP contribution >= 0.6 is 11.3 Å². The summed E-state index contributed by atoms with van der Waals surface area (Å²) in [5.74, 6) is 0.289. The minimum Gasteiger partial charge on any atom is -0.424 e. The summed E-state index contributed by atoms with van der Waals surface area (Å²) in [6, 6.07) is 1.99. The maximum Gasteiger partial charge on any atom is 0.291 e. The van der Waals surface area contributed by atoms with Crippen LogP contribution in [0.4, 0.5) is 19.8 Å². The highest BCUT2D eigenvalue weighted by atomic mass is 32.1. The molecular weight excluding hydrogens is 354 g/mol. The number of hydrogen-bond acceptors (Lipinski definition) is 8. The van der Waals surface area contributed by atoms with Gasteiger partial charge in [0.05, 0.1) is 0 Å². The fourth-order valence-corrected chi connectivity index (χ4v) is 3.23. The number of piperidine rings is 1. The first kappa shape index (κ1) is 17.2. The van der Waals surface area contributed by atoms with E-state index in [-0.39, 0.29) is 22.7 Å². The predicted molar refractivity (Wildman–Crippen MR) is 84.4 cm³/mol. The molecule has 0 spiro atoms. The van der Waals surface area contributed by atoms with Gasteiger partial charge in [0.25, 0.3) is 6.43 Å². The van der Waals surface area contributed by atoms with Gasteiger partial charge in [-0.25, -0.2) is 13.8 Å². The Morgan fingerprint density at radius 2 is 2.16 bits per heavy atom. The quantitative estimate of drug-likeness (QED) is 0.883. The maximum atomic E-state index is 12.5. The van der Waals surface area contributed by atoms with Crippen LogP contribution in [0.1, 0.15) is 35.9 Å². The van der Waals surface area contributed by atoms with Gasteiger partial charge in [0.2, 0.25) is 22.6 Å². The lowest BCUT2D eigenvalue weighted by molar-refractivity contribution is -0.120. The molecule has 0 unspecified atom stereocenters. The van der Waals surface area contributed by atoms with Crippen LogP contribution in [0.2, 0.25) is 0 Å². The van der Waals surface area contributed by atoms with E-state index in [1.165, 1.54) is 0 Å². The third-order valence-corrected chi connectivity index (χ3v) is 4.68. The van der Waals surface area contributed by atoms with E-state index < -0.39 is 11.4 Å². The number of nitriles is 1. The van der Waals surface area contributed by atoms with E-state index in [1.54, 1.807) is 6.92 Å². The molecule has 0 saturated carbocycles. The number of anilines is 2. The fourth-order valence-electron chi connectivity index (χ4n) is 2.63. The molecule has 0 bridgehead atoms. The SMILES string of the molecule is Cc1nc(C#N)c(N2CCC(C(=O)Nc3nnc(C(F)F)s3)CC2)o1. The molecule has 0 aromatic carbocycles. The zero-order chi connectivity index (χ0) is 18.0. The van der Waals surface area contributed by atoms with Gasteiger partial charge in [0.1, 0.15) is 6.07 Å². The van der Waals surface area contributed by atoms with Crippen molar-refractivity contribution in [3.05, 3.63) is 16.6 Å². The van der Waals surface area contributed by atoms with Crippen LogP contribution in [0.25, 0.3) is 0 Å². The molecular formula is C14H14F2N6O2S. The molecule has 1 saturated heterocycles. The second-order valence-electron chi connectivity index (χ2n) is 5.50. The van der Waals surface area contributed by atoms with Crippen molar-refractivity contribution in [3.8, 4) is 6.07 Å². The van der Waals surface area contributed by atoms with Crippen LogP contribution in [0.15, 0.2) is 4.42 Å². The molecule has 0 aliphatic carbocycles. The van der Waals surface area contributed by atoms with Crippen LogP contribution in [0, 0.1) is 24.2 Å². The summed E-state index contributed by atoms with van der Waals surface area (Å²) in [5, 5.41) is 18.1. The molecule has 0 atom stereocenters. The standard InChI is InChI=1S/C14H14F2N6O2S/c1-7-18-9(6-17)13(24-7)22-4-2-8(3-5-22)11(23)19-14-21-20-12(25-14)10(15)16/h8,10H,2-5H2,1H3,(H,19,21,23). The van der Waals surface area contributed by atoms with Gasteiger partial charge in [0.15, 0.2) is 10.9 Å². The number of nitrogens with one attached hydrogen (secondary N) is 1. The number of carbonyl (C=O) groups excluding carboxylic acids is 1. The zero-order valence-corrected chi connectivity index (χ0v) is 14.0. The van der Waals surface area contributed by atoms with Crippen LogP contribution in [-0.4, -0.2) is 34.2 Å². The van der Waals surface area contributed by atoms with Crippen LogP contribution < -0.4 is 10.2 Å². The number of aryl methyl sites for hydroxylation is 1. The van der Waals surface area contributed by atoms with Crippen molar-refractivity contribution in [2.45, 2.75) is 26.2 Å². The van der Waals surface area contributed by atoms with Gasteiger partial charge in [-0.05, 0) is 12.8 Å². The van der Waals surface area contributed by atoms with E-state index in [0.717, 1.165) is 0 Å². The van der Waals surface area contributed by atoms with E-state index in [4.69, 9.17) is 9.68 Å². The number of aromatic nitrogens is 3. The average molecular weight is 368 g/mol. The van der Waals surface area contributed by atoms with E-state index in [1.807, 2.05) is 11.0 Å². The Morgan fingerprint density at radius 1 is 1.44 bits per heavy atom. The molecule has 2 aromatic heterocycles. The highest BCUT2D eigenvalue weighted by Gasteiger charge is 2.29. The van der Waals surface area contributed by atoms with Gasteiger partial charge in [-0.3, -0.25) is 4.79 Å². The first-order valence-electron chi connectivity index (χ1n) is 7.52. The fraction of sp³-hybridized carbons (Fsp3) is 0.500. The van der Waals surface area contributed by atoms with Crippen molar-refractivity contribution in [3.63, 3.8) is 0 Å². The Morgan fingerprint density at radius 3 is 2.76 bits per heavy atom. The van der Waals surface area contributed by atoms with Crippen molar-refractivity contribution in [2.24, 2.45) is 5.92 Å². The van der Waals surface area contributed by atoms with E-state index >= 15 is 0 Å². The van der Waals surface area contributed by atoms with Crippen LogP contribution in [0.3, 0.4) is 0 Å². The Bertz CT molecular complexity index is 807. The van der Waals surface area contributed by atoms with Gasteiger partial charge < -0.3 is 14.6 Å². The third-order valence-electron chi connectivity index (χ3n) is 3.83. The summed E-state index contributed by atoms with van der Waals surface area (Å²) in [4.78, 5) is 18.1. The predicted octanol–water partition coefficient (Wildman–Crippen LogP) is 2.50. The summed E-state index contributed by atoms with van der Waals surface area (Å²) in [7, 11) is 0. The lowest BCUT2D eigenvalue weighted by atomic mass is 9.96. The molecule has 132 valence electrons. The number of halogens is 2. The summed E-state index contributed by atoms with van der Waals surface area (Å²) in [6.45, 7) is 2.72. The lowest BCUT2D eigenvalue weighted by Crippen LogP contribution is -2.38. The molecule has 3 rings (SSSR count). The molecule has 1 aliphatic rings. The Hall–Kier alpha value is -2.61. The summed E-state index contributed by atoms with van der Waals surface area (Å²) in [5.41, 5.74) is 0.230. The summed E-state index contributed by atoms with van der Waals surface area (Å²) in [6.07, 6.45) is -1.63. The van der Waals surface area contributed by atoms with Crippen molar-refractivity contribution >= 4 is 28.3 Å². The van der Waals surface area contributed by atoms with E-state index in [2.05, 4.69) is 20.5 Å². The highest BCUT2D eigenvalue weighted by Crippen LogP contribution is 2.29. The molecule has 3 heterocycles. The molecule has 8 nitrogen and oxygen atoms in total. The molecule has 1 aliphatic heterocycles. The van der Waals surface area contributed by atoms with Crippen LogP contribution in [-0.2, 0) is 4.79 Å². The summed E-state index contributed by atoms with van der Waals surface area (Å²) < 4.78 is 30.5. The number of amides is 1. The topological polar surface area (TPSA) is 108 Å². The number of oxazole rings is 1. The van der Waals surface area contributed by atoms with Crippen molar-refractivity contribution in [1.29, 1.82) is 5.26 Å². The Kier molecular flexibility index (Phi) is 4.89. The van der Waals surface area contributed by atoms with E-state index in [9.17, 15) is 13.6 Å². The Balaban J connectivity index is 1.58. The van der Waals surface area contributed by atoms with Crippen LogP contribution in [0.5, 0.6) is 0 Å². The van der Waals surface area contributed by atoms with Gasteiger partial charge in [-0.15, -0.1) is 10.2 Å². The number of carbonyl (C=O) groups is 1. The smallest absolute Gasteiger partial charge is 0.291 e. The summed E-state index contributed by atoms with van der Waals surface area (Å²) >= 11 is 0.665. The zero-order valence-electron chi connectivity index (χ0n) is 13.2. The number of alkyl halides is 2. The molecule has 25 heavy (non-hydrogen) atoms. The molecule has 1 N–H and O–H groups in total. The van der Waals surface area contributed by atoms with Gasteiger partial charge in [-0.2, -0.15) is 5.26 Å². The molecule has 0 radical (unpaired) electrons. The molecule has 2 aromatic rings. The minimum atomic E-state index is -2.70. The number of rotatable bonds is 4. The molecule has 1 fully saturated rings. The molecule has 11 heteroatoms. The molecule has 1 amide bonds. The Labute approximate surface area is 145 Å². The van der Waals surface area contributed by atoms with Crippen molar-refractivity contribution in [1.82, 2.24) is 15.2 Å². The van der Waals surface area contributed by atoms with Crippen molar-refractivity contribution in [2.75, 3.05) is 23.3 Å². The van der Waals surface area contributed by atoms with Gasteiger partial charge >= 0.3 is 0 Å². The monoisotopic (exact) mass is 368 g/mol. The first-order valence-corrected chi connectivity index (χ1v) is 8.34. The lowest BCUT2D eigenvalue weighted by Gasteiger charge is -2.30. The number of nitrogens with zero attached hydrogens (tertiary/aromatic N) is 5. The average Bonchev–Trinajstić information content (AvgIpc) is 3.21. The number of hydrogen-bond donors (Lipinski definition) is 1. The highest BCUT2D eigenvalue weighted by molar-refractivity contribution is 7.15. The van der Waals surface area contributed by atoms with Gasteiger partial charge in [0, 0.05) is 25.9 Å². The minimum absolute atomic E-state index is 0.0698. The third kappa shape index (κ3) is 3.74. The van der Waals surface area contributed by atoms with Crippen molar-refractivity contribution < 1.29 is 18.0 Å². The van der Waals surface area contributed by atoms with Gasteiger partial charge in [-0.1, -0.05) is 11.3 Å². The normalized spacial score (nSPS) is 15.4. The van der Waals surface area contributed by atoms with E-state index in [0.29, 0.717) is 49.0 Å². The largest absolute Gasteiger partial charge is 0.424 e. The first-order chi connectivity index (χ1) is 12.0. The second-order valence-corrected chi connectivity index (χ2v) is 6.50.